The van der Waals surface area contributed by atoms with Crippen molar-refractivity contribution < 1.29 is 8.78 Å². The lowest BCUT2D eigenvalue weighted by molar-refractivity contribution is 0.131. The van der Waals surface area contributed by atoms with Crippen LogP contribution >= 0.6 is 23.2 Å². The third-order valence-electron chi connectivity index (χ3n) is 1.71. The average Bonchev–Trinajstić information content (AvgIpc) is 2.11. The van der Waals surface area contributed by atoms with E-state index in [0.29, 0.717) is 15.7 Å². The molecule has 0 radical (unpaired) electrons. The van der Waals surface area contributed by atoms with Crippen LogP contribution in [-0.2, 0) is 0 Å². The van der Waals surface area contributed by atoms with Gasteiger partial charge in [0.1, 0.15) is 0 Å². The van der Waals surface area contributed by atoms with E-state index in [-0.39, 0.29) is 0 Å². The molecular weight excluding hydrogens is 231 g/mol. The van der Waals surface area contributed by atoms with Gasteiger partial charge in [-0.3, -0.25) is 0 Å². The van der Waals surface area contributed by atoms with Crippen LogP contribution in [0.1, 0.15) is 6.92 Å². The molecule has 1 nitrogen and oxygen atoms in total. The predicted molar refractivity (Wildman–Crippen MR) is 55.6 cm³/mol. The maximum Gasteiger partial charge on any atom is 0.258 e. The van der Waals surface area contributed by atoms with Gasteiger partial charge in [-0.2, -0.15) is 0 Å². The third kappa shape index (κ3) is 2.72. The molecule has 0 fully saturated rings. The minimum absolute atomic E-state index is 0.338. The number of hydrogen-bond donors (Lipinski definition) is 1. The van der Waals surface area contributed by atoms with E-state index in [1.54, 1.807) is 18.2 Å². The third-order valence-corrected chi connectivity index (χ3v) is 2.34. The molecule has 0 spiro atoms. The summed E-state index contributed by atoms with van der Waals surface area (Å²) < 4.78 is 24.5. The number of halogens is 4. The topological polar surface area (TPSA) is 12.0 Å². The van der Waals surface area contributed by atoms with E-state index in [1.807, 2.05) is 0 Å². The highest BCUT2D eigenvalue weighted by atomic mass is 35.5. The van der Waals surface area contributed by atoms with Crippen molar-refractivity contribution in [2.24, 2.45) is 0 Å². The molecule has 1 rings (SSSR count). The lowest BCUT2D eigenvalue weighted by atomic mass is 10.2. The summed E-state index contributed by atoms with van der Waals surface area (Å²) in [6.45, 7) is 1.37. The van der Waals surface area contributed by atoms with Crippen molar-refractivity contribution in [1.82, 2.24) is 0 Å². The molecule has 0 bridgehead atoms. The monoisotopic (exact) mass is 239 g/mol. The summed E-state index contributed by atoms with van der Waals surface area (Å²) in [7, 11) is 0. The van der Waals surface area contributed by atoms with E-state index in [4.69, 9.17) is 23.2 Å². The standard InChI is InChI=1S/C9H9Cl2F2N/c1-5(9(12)13)14-8-6(10)3-2-4-7(8)11/h2-5,9,14H,1H3. The van der Waals surface area contributed by atoms with Crippen LogP contribution in [0.25, 0.3) is 0 Å². The molecule has 1 N–H and O–H groups in total. The Labute approximate surface area is 91.0 Å². The molecule has 0 aliphatic rings. The Kier molecular flexibility index (Phi) is 3.96. The van der Waals surface area contributed by atoms with Gasteiger partial charge in [0.2, 0.25) is 0 Å². The van der Waals surface area contributed by atoms with Gasteiger partial charge in [0.15, 0.2) is 0 Å². The zero-order valence-electron chi connectivity index (χ0n) is 7.40. The van der Waals surface area contributed by atoms with Crippen LogP contribution in [0.3, 0.4) is 0 Å². The molecule has 0 saturated heterocycles. The van der Waals surface area contributed by atoms with Crippen LogP contribution in [-0.4, -0.2) is 12.5 Å². The summed E-state index contributed by atoms with van der Waals surface area (Å²) in [5.41, 5.74) is 0.351. The molecule has 14 heavy (non-hydrogen) atoms. The van der Waals surface area contributed by atoms with Crippen LogP contribution in [0, 0.1) is 0 Å². The summed E-state index contributed by atoms with van der Waals surface area (Å²) in [5, 5.41) is 3.24. The highest BCUT2D eigenvalue weighted by molar-refractivity contribution is 6.39. The smallest absolute Gasteiger partial charge is 0.258 e. The van der Waals surface area contributed by atoms with Crippen molar-refractivity contribution >= 4 is 28.9 Å². The predicted octanol–water partition coefficient (Wildman–Crippen LogP) is 4.06. The van der Waals surface area contributed by atoms with Gasteiger partial charge in [-0.05, 0) is 19.1 Å². The normalized spacial score (nSPS) is 13.0. The lowest BCUT2D eigenvalue weighted by Crippen LogP contribution is -2.24. The first-order valence-electron chi connectivity index (χ1n) is 4.01. The fraction of sp³-hybridized carbons (Fsp3) is 0.333. The van der Waals surface area contributed by atoms with E-state index in [9.17, 15) is 8.78 Å². The second-order valence-electron chi connectivity index (χ2n) is 2.86. The van der Waals surface area contributed by atoms with Gasteiger partial charge < -0.3 is 5.32 Å². The molecule has 0 saturated carbocycles. The van der Waals surface area contributed by atoms with Crippen LogP contribution in [0.4, 0.5) is 14.5 Å². The molecule has 1 unspecified atom stereocenters. The van der Waals surface area contributed by atoms with Gasteiger partial charge >= 0.3 is 0 Å². The van der Waals surface area contributed by atoms with E-state index in [0.717, 1.165) is 0 Å². The van der Waals surface area contributed by atoms with Gasteiger partial charge in [0, 0.05) is 0 Å². The van der Waals surface area contributed by atoms with Gasteiger partial charge in [0.25, 0.3) is 6.43 Å². The van der Waals surface area contributed by atoms with E-state index in [2.05, 4.69) is 5.32 Å². The first-order chi connectivity index (χ1) is 6.52. The summed E-state index contributed by atoms with van der Waals surface area (Å²) in [5.74, 6) is 0. The number of para-hydroxylation sites is 1. The van der Waals surface area contributed by atoms with Crippen molar-refractivity contribution in [3.63, 3.8) is 0 Å². The Bertz CT molecular complexity index is 297. The Morgan fingerprint density at radius 2 is 1.71 bits per heavy atom. The molecule has 0 aliphatic carbocycles. The van der Waals surface area contributed by atoms with Crippen molar-refractivity contribution in [1.29, 1.82) is 0 Å². The van der Waals surface area contributed by atoms with Gasteiger partial charge in [-0.15, -0.1) is 0 Å². The van der Waals surface area contributed by atoms with Crippen molar-refractivity contribution in [3.05, 3.63) is 28.2 Å². The number of anilines is 1. The summed E-state index contributed by atoms with van der Waals surface area (Å²) in [4.78, 5) is 0. The van der Waals surface area contributed by atoms with Crippen LogP contribution in [0.2, 0.25) is 10.0 Å². The quantitative estimate of drug-likeness (QED) is 0.839. The average molecular weight is 240 g/mol. The van der Waals surface area contributed by atoms with Crippen molar-refractivity contribution in [2.45, 2.75) is 19.4 Å². The van der Waals surface area contributed by atoms with E-state index < -0.39 is 12.5 Å². The molecular formula is C9H9Cl2F2N. The zero-order valence-corrected chi connectivity index (χ0v) is 8.91. The highest BCUT2D eigenvalue weighted by Crippen LogP contribution is 2.30. The summed E-state index contributed by atoms with van der Waals surface area (Å²) >= 11 is 11.6. The summed E-state index contributed by atoms with van der Waals surface area (Å²) in [6, 6.07) is 3.86. The molecule has 0 aliphatic heterocycles. The van der Waals surface area contributed by atoms with Gasteiger partial charge in [0.05, 0.1) is 21.8 Å². The number of nitrogens with one attached hydrogen (secondary N) is 1. The fourth-order valence-corrected chi connectivity index (χ4v) is 1.43. The second kappa shape index (κ2) is 4.80. The molecule has 1 aromatic rings. The van der Waals surface area contributed by atoms with Crippen LogP contribution in [0.5, 0.6) is 0 Å². The minimum Gasteiger partial charge on any atom is -0.374 e. The molecule has 78 valence electrons. The second-order valence-corrected chi connectivity index (χ2v) is 3.68. The number of rotatable bonds is 3. The number of benzene rings is 1. The molecule has 1 atom stereocenters. The van der Waals surface area contributed by atoms with E-state index >= 15 is 0 Å². The summed E-state index contributed by atoms with van der Waals surface area (Å²) in [6.07, 6.45) is -2.46. The maximum absolute atomic E-state index is 12.2. The molecule has 1 aromatic carbocycles. The van der Waals surface area contributed by atoms with Crippen LogP contribution in [0.15, 0.2) is 18.2 Å². The Hall–Kier alpha value is -0.540. The maximum atomic E-state index is 12.2. The molecule has 0 aromatic heterocycles. The Morgan fingerprint density at radius 1 is 1.21 bits per heavy atom. The molecule has 5 heteroatoms. The zero-order chi connectivity index (χ0) is 10.7. The highest BCUT2D eigenvalue weighted by Gasteiger charge is 2.16. The first kappa shape index (κ1) is 11.5. The first-order valence-corrected chi connectivity index (χ1v) is 4.76. The number of hydrogen-bond acceptors (Lipinski definition) is 1. The van der Waals surface area contributed by atoms with E-state index in [1.165, 1.54) is 6.92 Å². The van der Waals surface area contributed by atoms with Crippen molar-refractivity contribution in [3.8, 4) is 0 Å². The number of alkyl halides is 2. The molecule has 0 heterocycles. The largest absolute Gasteiger partial charge is 0.374 e. The van der Waals surface area contributed by atoms with Crippen molar-refractivity contribution in [2.75, 3.05) is 5.32 Å². The van der Waals surface area contributed by atoms with Gasteiger partial charge in [-0.1, -0.05) is 29.3 Å². The minimum atomic E-state index is -2.46. The Morgan fingerprint density at radius 3 is 2.14 bits per heavy atom. The fourth-order valence-electron chi connectivity index (χ4n) is 0.926. The molecule has 0 amide bonds. The SMILES string of the molecule is CC(Nc1c(Cl)cccc1Cl)C(F)F. The lowest BCUT2D eigenvalue weighted by Gasteiger charge is -2.16. The van der Waals surface area contributed by atoms with Gasteiger partial charge in [-0.25, -0.2) is 8.78 Å². The Balaban J connectivity index is 2.85. The van der Waals surface area contributed by atoms with Crippen LogP contribution < -0.4 is 5.32 Å².